The van der Waals surface area contributed by atoms with Gasteiger partial charge < -0.3 is 10.5 Å². The second kappa shape index (κ2) is 6.85. The van der Waals surface area contributed by atoms with Gasteiger partial charge in [-0.25, -0.2) is 13.2 Å². The van der Waals surface area contributed by atoms with Crippen LogP contribution < -0.4 is 5.73 Å². The molecule has 3 rings (SSSR count). The van der Waals surface area contributed by atoms with Crippen molar-refractivity contribution in [2.24, 2.45) is 5.73 Å². The van der Waals surface area contributed by atoms with Crippen molar-refractivity contribution in [1.29, 1.82) is 0 Å². The lowest BCUT2D eigenvalue weighted by atomic mass is 10.0. The first kappa shape index (κ1) is 18.6. The van der Waals surface area contributed by atoms with Crippen molar-refractivity contribution in [3.8, 4) is 0 Å². The molecule has 1 fully saturated rings. The van der Waals surface area contributed by atoms with Crippen LogP contribution in [0.3, 0.4) is 0 Å². The van der Waals surface area contributed by atoms with Gasteiger partial charge in [0.2, 0.25) is 0 Å². The molecular weight excluding hydrogens is 350 g/mol. The zero-order valence-electron chi connectivity index (χ0n) is 14.9. The Morgan fingerprint density at radius 1 is 1.08 bits per heavy atom. The molecule has 0 spiro atoms. The van der Waals surface area contributed by atoms with E-state index in [1.54, 1.807) is 25.1 Å². The predicted octanol–water partition coefficient (Wildman–Crippen LogP) is 2.45. The van der Waals surface area contributed by atoms with Crippen LogP contribution in [0.2, 0.25) is 0 Å². The fourth-order valence-corrected chi connectivity index (χ4v) is 5.73. The Labute approximate surface area is 154 Å². The molecule has 3 atom stereocenters. The van der Waals surface area contributed by atoms with Crippen LogP contribution >= 0.6 is 0 Å². The van der Waals surface area contributed by atoms with Gasteiger partial charge in [-0.3, -0.25) is 0 Å². The van der Waals surface area contributed by atoms with Crippen LogP contribution in [0.25, 0.3) is 0 Å². The average molecular weight is 373 g/mol. The highest BCUT2D eigenvalue weighted by molar-refractivity contribution is 7.92. The van der Waals surface area contributed by atoms with Crippen molar-refractivity contribution >= 4 is 15.8 Å². The van der Waals surface area contributed by atoms with Crippen molar-refractivity contribution in [2.75, 3.05) is 6.61 Å². The fraction of sp³-hybridized carbons (Fsp3) is 0.350. The molecule has 5 nitrogen and oxygen atoms in total. The van der Waals surface area contributed by atoms with Crippen molar-refractivity contribution in [3.63, 3.8) is 0 Å². The second-order valence-electron chi connectivity index (χ2n) is 6.50. The van der Waals surface area contributed by atoms with E-state index in [2.05, 4.69) is 0 Å². The van der Waals surface area contributed by atoms with Gasteiger partial charge in [0.15, 0.2) is 9.84 Å². The zero-order chi connectivity index (χ0) is 18.9. The van der Waals surface area contributed by atoms with Gasteiger partial charge >= 0.3 is 5.97 Å². The number of rotatable bonds is 6. The fourth-order valence-electron chi connectivity index (χ4n) is 3.48. The maximum absolute atomic E-state index is 13.1. The highest BCUT2D eigenvalue weighted by atomic mass is 32.2. The Balaban J connectivity index is 2.04. The van der Waals surface area contributed by atoms with E-state index < -0.39 is 32.5 Å². The van der Waals surface area contributed by atoms with Crippen molar-refractivity contribution in [2.45, 2.75) is 41.9 Å². The number of carbonyl (C=O) groups is 1. The van der Waals surface area contributed by atoms with Crippen LogP contribution in [0.1, 0.15) is 30.9 Å². The maximum atomic E-state index is 13.1. The first-order valence-corrected chi connectivity index (χ1v) is 10.3. The molecule has 0 aliphatic heterocycles. The molecule has 0 amide bonds. The number of sulfone groups is 1. The SMILES string of the molecule is CCOC(=O)[C@@]1(N)[C@H](c2ccc(CC)cc2)[C@@H]1S(=O)(=O)c1ccccc1. The highest BCUT2D eigenvalue weighted by Gasteiger charge is 2.74. The Kier molecular flexibility index (Phi) is 4.90. The van der Waals surface area contributed by atoms with Crippen LogP contribution in [-0.2, 0) is 25.8 Å². The molecule has 0 heterocycles. The van der Waals surface area contributed by atoms with Gasteiger partial charge in [0.25, 0.3) is 0 Å². The summed E-state index contributed by atoms with van der Waals surface area (Å²) in [6.45, 7) is 3.87. The standard InChI is InChI=1S/C20H23NO4S/c1-3-14-10-12-15(13-11-14)17-18(20(17,21)19(22)25-4-2)26(23,24)16-8-6-5-7-9-16/h5-13,17-18H,3-4,21H2,1-2H3/t17-,18+,20-/m1/s1. The van der Waals surface area contributed by atoms with Gasteiger partial charge in [-0.05, 0) is 36.6 Å². The molecule has 26 heavy (non-hydrogen) atoms. The normalized spacial score (nSPS) is 24.9. The molecule has 1 aliphatic carbocycles. The summed E-state index contributed by atoms with van der Waals surface area (Å²) in [5.74, 6) is -1.30. The summed E-state index contributed by atoms with van der Waals surface area (Å²) in [5.41, 5.74) is 6.64. The Morgan fingerprint density at radius 3 is 2.23 bits per heavy atom. The summed E-state index contributed by atoms with van der Waals surface area (Å²) in [7, 11) is -3.78. The van der Waals surface area contributed by atoms with Gasteiger partial charge in [-0.15, -0.1) is 0 Å². The lowest BCUT2D eigenvalue weighted by Gasteiger charge is -2.11. The lowest BCUT2D eigenvalue weighted by molar-refractivity contribution is -0.145. The van der Waals surface area contributed by atoms with E-state index in [1.165, 1.54) is 12.1 Å². The molecular formula is C20H23NO4S. The smallest absolute Gasteiger partial charge is 0.328 e. The van der Waals surface area contributed by atoms with E-state index in [1.807, 2.05) is 31.2 Å². The molecule has 1 aliphatic rings. The van der Waals surface area contributed by atoms with Gasteiger partial charge in [0, 0.05) is 5.92 Å². The van der Waals surface area contributed by atoms with Crippen LogP contribution in [0.15, 0.2) is 59.5 Å². The van der Waals surface area contributed by atoms with Crippen LogP contribution in [0, 0.1) is 0 Å². The van der Waals surface area contributed by atoms with Crippen LogP contribution in [0.4, 0.5) is 0 Å². The molecule has 1 saturated carbocycles. The Morgan fingerprint density at radius 2 is 1.69 bits per heavy atom. The summed E-state index contributed by atoms with van der Waals surface area (Å²) in [6, 6.07) is 15.7. The molecule has 0 unspecified atom stereocenters. The number of nitrogens with two attached hydrogens (primary N) is 1. The minimum Gasteiger partial charge on any atom is -0.465 e. The van der Waals surface area contributed by atoms with E-state index in [9.17, 15) is 13.2 Å². The summed E-state index contributed by atoms with van der Waals surface area (Å²) in [4.78, 5) is 12.7. The van der Waals surface area contributed by atoms with Crippen molar-refractivity contribution < 1.29 is 17.9 Å². The maximum Gasteiger partial charge on any atom is 0.328 e. The van der Waals surface area contributed by atoms with Gasteiger partial charge in [0.1, 0.15) is 10.8 Å². The van der Waals surface area contributed by atoms with Crippen molar-refractivity contribution in [1.82, 2.24) is 0 Å². The van der Waals surface area contributed by atoms with Gasteiger partial charge in [-0.1, -0.05) is 49.4 Å². The van der Waals surface area contributed by atoms with Gasteiger partial charge in [-0.2, -0.15) is 0 Å². The molecule has 0 saturated heterocycles. The number of ether oxygens (including phenoxy) is 1. The number of aryl methyl sites for hydroxylation is 1. The molecule has 138 valence electrons. The third-order valence-electron chi connectivity index (χ3n) is 4.96. The molecule has 2 aromatic carbocycles. The quantitative estimate of drug-likeness (QED) is 0.786. The summed E-state index contributed by atoms with van der Waals surface area (Å²) < 4.78 is 31.4. The number of benzene rings is 2. The monoisotopic (exact) mass is 373 g/mol. The van der Waals surface area contributed by atoms with E-state index in [0.29, 0.717) is 0 Å². The van der Waals surface area contributed by atoms with E-state index in [0.717, 1.165) is 17.5 Å². The molecule has 6 heteroatoms. The van der Waals surface area contributed by atoms with E-state index >= 15 is 0 Å². The largest absolute Gasteiger partial charge is 0.465 e. The van der Waals surface area contributed by atoms with E-state index in [4.69, 9.17) is 10.5 Å². The summed E-state index contributed by atoms with van der Waals surface area (Å²) in [5, 5.41) is -1.04. The number of esters is 1. The second-order valence-corrected chi connectivity index (χ2v) is 8.57. The van der Waals surface area contributed by atoms with E-state index in [-0.39, 0.29) is 11.5 Å². The first-order chi connectivity index (χ1) is 12.4. The highest BCUT2D eigenvalue weighted by Crippen LogP contribution is 2.56. The molecule has 2 N–H and O–H groups in total. The third kappa shape index (κ3) is 2.93. The molecule has 0 aromatic heterocycles. The zero-order valence-corrected chi connectivity index (χ0v) is 15.7. The average Bonchev–Trinajstić information content (AvgIpc) is 3.31. The Hall–Kier alpha value is -2.18. The predicted molar refractivity (Wildman–Crippen MR) is 99.5 cm³/mol. The number of hydrogen-bond donors (Lipinski definition) is 1. The Bertz CT molecular complexity index is 893. The summed E-state index contributed by atoms with van der Waals surface area (Å²) in [6.07, 6.45) is 0.877. The molecule has 2 aromatic rings. The minimum atomic E-state index is -3.78. The summed E-state index contributed by atoms with van der Waals surface area (Å²) >= 11 is 0. The van der Waals surface area contributed by atoms with Crippen molar-refractivity contribution in [3.05, 3.63) is 65.7 Å². The topological polar surface area (TPSA) is 86.5 Å². The third-order valence-corrected chi connectivity index (χ3v) is 7.22. The van der Waals surface area contributed by atoms with Crippen LogP contribution in [0.5, 0.6) is 0 Å². The lowest BCUT2D eigenvalue weighted by Crippen LogP contribution is -2.41. The molecule has 0 bridgehead atoms. The van der Waals surface area contributed by atoms with Crippen LogP contribution in [-0.4, -0.2) is 31.8 Å². The van der Waals surface area contributed by atoms with Gasteiger partial charge in [0.05, 0.1) is 11.5 Å². The minimum absolute atomic E-state index is 0.150. The molecule has 0 radical (unpaired) electrons. The first-order valence-electron chi connectivity index (χ1n) is 8.71. The number of hydrogen-bond acceptors (Lipinski definition) is 5. The number of carbonyl (C=O) groups excluding carboxylic acids is 1.